The van der Waals surface area contributed by atoms with Gasteiger partial charge in [-0.25, -0.2) is 14.2 Å². The van der Waals surface area contributed by atoms with Crippen LogP contribution in [0.2, 0.25) is 0 Å². The van der Waals surface area contributed by atoms with Crippen molar-refractivity contribution in [2.45, 2.75) is 32.9 Å². The second kappa shape index (κ2) is 9.00. The SMILES string of the molecule is CC1C=CC(C#N)=C(c2nc3c(c(=O)n(CCCO)c(=O)n3C)n2Cc2ccc(F)cc2)C1. The molecule has 1 aromatic carbocycles. The molecule has 0 fully saturated rings. The van der Waals surface area contributed by atoms with Crippen LogP contribution in [0.15, 0.2) is 51.6 Å². The molecule has 0 spiro atoms. The van der Waals surface area contributed by atoms with Crippen molar-refractivity contribution in [1.82, 2.24) is 18.7 Å². The number of aryl methyl sites for hydroxylation is 1. The Labute approximate surface area is 189 Å². The number of halogens is 1. The van der Waals surface area contributed by atoms with E-state index in [1.165, 1.54) is 16.7 Å². The molecule has 1 aliphatic rings. The van der Waals surface area contributed by atoms with Crippen LogP contribution in [0.4, 0.5) is 4.39 Å². The third-order valence-electron chi connectivity index (χ3n) is 5.86. The van der Waals surface area contributed by atoms with Gasteiger partial charge in [0, 0.05) is 32.3 Å². The van der Waals surface area contributed by atoms with Gasteiger partial charge in [0.1, 0.15) is 11.6 Å². The molecular weight excluding hydrogens is 425 g/mol. The van der Waals surface area contributed by atoms with Crippen LogP contribution >= 0.6 is 0 Å². The highest BCUT2D eigenvalue weighted by molar-refractivity contribution is 5.80. The monoisotopic (exact) mass is 449 g/mol. The summed E-state index contributed by atoms with van der Waals surface area (Å²) in [6.07, 6.45) is 4.51. The summed E-state index contributed by atoms with van der Waals surface area (Å²) in [4.78, 5) is 31.0. The summed E-state index contributed by atoms with van der Waals surface area (Å²) in [5.41, 5.74) is 1.29. The molecule has 9 heteroatoms. The van der Waals surface area contributed by atoms with Gasteiger partial charge in [0.15, 0.2) is 11.2 Å². The molecule has 0 saturated carbocycles. The van der Waals surface area contributed by atoms with E-state index in [1.54, 1.807) is 29.8 Å². The lowest BCUT2D eigenvalue weighted by molar-refractivity contribution is 0.277. The zero-order chi connectivity index (χ0) is 23.7. The minimum Gasteiger partial charge on any atom is -0.396 e. The number of aromatic nitrogens is 4. The molecule has 1 unspecified atom stereocenters. The molecular formula is C24H24FN5O3. The summed E-state index contributed by atoms with van der Waals surface area (Å²) < 4.78 is 17.6. The van der Waals surface area contributed by atoms with Crippen molar-refractivity contribution in [2.75, 3.05) is 6.61 Å². The molecule has 1 atom stereocenters. The normalized spacial score (nSPS) is 15.9. The van der Waals surface area contributed by atoms with Gasteiger partial charge in [-0.2, -0.15) is 5.26 Å². The van der Waals surface area contributed by atoms with Gasteiger partial charge in [0.2, 0.25) is 0 Å². The Morgan fingerprint density at radius 2 is 1.97 bits per heavy atom. The summed E-state index contributed by atoms with van der Waals surface area (Å²) in [7, 11) is 1.54. The summed E-state index contributed by atoms with van der Waals surface area (Å²) in [6.45, 7) is 2.15. The minimum atomic E-state index is -0.523. The highest BCUT2D eigenvalue weighted by Crippen LogP contribution is 2.32. The molecule has 8 nitrogen and oxygen atoms in total. The van der Waals surface area contributed by atoms with Gasteiger partial charge in [0.05, 0.1) is 11.6 Å². The Morgan fingerprint density at radius 3 is 2.64 bits per heavy atom. The van der Waals surface area contributed by atoms with Crippen molar-refractivity contribution in [3.8, 4) is 6.07 Å². The first-order chi connectivity index (χ1) is 15.8. The van der Waals surface area contributed by atoms with Crippen LogP contribution < -0.4 is 11.2 Å². The Balaban J connectivity index is 2.05. The standard InChI is InChI=1S/C24H24FN5O3/c1-15-4-7-17(13-26)19(12-15)21-27-22-20(30(21)14-16-5-8-18(25)9-6-16)23(32)29(10-3-11-31)24(33)28(22)2/h4-9,15,31H,3,10-12,14H2,1-2H3. The minimum absolute atomic E-state index is 0.0704. The smallest absolute Gasteiger partial charge is 0.332 e. The summed E-state index contributed by atoms with van der Waals surface area (Å²) >= 11 is 0. The van der Waals surface area contributed by atoms with E-state index < -0.39 is 11.2 Å². The highest BCUT2D eigenvalue weighted by Gasteiger charge is 2.25. The molecule has 0 bridgehead atoms. The van der Waals surface area contributed by atoms with Crippen molar-refractivity contribution < 1.29 is 9.50 Å². The largest absolute Gasteiger partial charge is 0.396 e. The van der Waals surface area contributed by atoms with Gasteiger partial charge in [-0.1, -0.05) is 25.1 Å². The molecule has 4 rings (SSSR count). The molecule has 33 heavy (non-hydrogen) atoms. The molecule has 170 valence electrons. The van der Waals surface area contributed by atoms with E-state index in [-0.39, 0.29) is 49.0 Å². The fraction of sp³-hybridized carbons (Fsp3) is 0.333. The van der Waals surface area contributed by atoms with Crippen LogP contribution in [0, 0.1) is 23.1 Å². The number of rotatable bonds is 6. The van der Waals surface area contributed by atoms with E-state index in [4.69, 9.17) is 0 Å². The first kappa shape index (κ1) is 22.4. The van der Waals surface area contributed by atoms with E-state index in [9.17, 15) is 24.3 Å². The van der Waals surface area contributed by atoms with Crippen LogP contribution in [-0.2, 0) is 20.1 Å². The van der Waals surface area contributed by atoms with Gasteiger partial charge >= 0.3 is 5.69 Å². The molecule has 2 heterocycles. The first-order valence-electron chi connectivity index (χ1n) is 10.7. The third kappa shape index (κ3) is 4.05. The van der Waals surface area contributed by atoms with Gasteiger partial charge in [-0.3, -0.25) is 13.9 Å². The predicted octanol–water partition coefficient (Wildman–Crippen LogP) is 2.34. The zero-order valence-electron chi connectivity index (χ0n) is 18.5. The number of nitriles is 1. The molecule has 0 amide bonds. The molecule has 1 aliphatic carbocycles. The number of allylic oxidation sites excluding steroid dienone is 4. The Kier molecular flexibility index (Phi) is 6.11. The summed E-state index contributed by atoms with van der Waals surface area (Å²) in [5.74, 6) is 0.235. The lowest BCUT2D eigenvalue weighted by Gasteiger charge is -2.18. The van der Waals surface area contributed by atoms with Crippen molar-refractivity contribution in [3.63, 3.8) is 0 Å². The van der Waals surface area contributed by atoms with Gasteiger partial charge in [-0.05, 0) is 42.5 Å². The van der Waals surface area contributed by atoms with Crippen LogP contribution in [0.25, 0.3) is 16.7 Å². The van der Waals surface area contributed by atoms with Gasteiger partial charge in [-0.15, -0.1) is 0 Å². The van der Waals surface area contributed by atoms with Crippen molar-refractivity contribution in [3.05, 3.63) is 80.0 Å². The van der Waals surface area contributed by atoms with E-state index in [1.807, 2.05) is 13.0 Å². The Hall–Kier alpha value is -3.77. The lowest BCUT2D eigenvalue weighted by Crippen LogP contribution is -2.40. The number of benzene rings is 1. The second-order valence-corrected chi connectivity index (χ2v) is 8.24. The van der Waals surface area contributed by atoms with E-state index >= 15 is 0 Å². The highest BCUT2D eigenvalue weighted by atomic mass is 19.1. The zero-order valence-corrected chi connectivity index (χ0v) is 18.5. The number of hydrogen-bond donors (Lipinski definition) is 1. The molecule has 0 aliphatic heterocycles. The topological polar surface area (TPSA) is 106 Å². The van der Waals surface area contributed by atoms with Crippen molar-refractivity contribution in [2.24, 2.45) is 13.0 Å². The maximum Gasteiger partial charge on any atom is 0.332 e. The number of imidazole rings is 1. The summed E-state index contributed by atoms with van der Waals surface area (Å²) in [6, 6.07) is 8.14. The average Bonchev–Trinajstić information content (AvgIpc) is 3.18. The summed E-state index contributed by atoms with van der Waals surface area (Å²) in [5, 5.41) is 18.9. The number of nitrogens with zero attached hydrogens (tertiary/aromatic N) is 5. The fourth-order valence-corrected chi connectivity index (χ4v) is 4.13. The van der Waals surface area contributed by atoms with Gasteiger partial charge in [0.25, 0.3) is 5.56 Å². The van der Waals surface area contributed by atoms with E-state index in [0.29, 0.717) is 23.4 Å². The molecule has 2 aromatic heterocycles. The van der Waals surface area contributed by atoms with E-state index in [2.05, 4.69) is 11.1 Å². The Bertz CT molecular complexity index is 1430. The molecule has 3 aromatic rings. The average molecular weight is 449 g/mol. The number of fused-ring (bicyclic) bond motifs is 1. The van der Waals surface area contributed by atoms with Crippen LogP contribution in [0.5, 0.6) is 0 Å². The maximum absolute atomic E-state index is 13.5. The molecule has 0 radical (unpaired) electrons. The number of aliphatic hydroxyl groups excluding tert-OH is 1. The predicted molar refractivity (Wildman–Crippen MR) is 122 cm³/mol. The van der Waals surface area contributed by atoms with Crippen LogP contribution in [0.3, 0.4) is 0 Å². The molecule has 0 saturated heterocycles. The maximum atomic E-state index is 13.5. The first-order valence-corrected chi connectivity index (χ1v) is 10.7. The van der Waals surface area contributed by atoms with E-state index in [0.717, 1.165) is 10.1 Å². The Morgan fingerprint density at radius 1 is 1.24 bits per heavy atom. The quantitative estimate of drug-likeness (QED) is 0.622. The van der Waals surface area contributed by atoms with Crippen LogP contribution in [0.1, 0.15) is 31.2 Å². The van der Waals surface area contributed by atoms with Crippen molar-refractivity contribution in [1.29, 1.82) is 5.26 Å². The third-order valence-corrected chi connectivity index (χ3v) is 5.86. The fourth-order valence-electron chi connectivity index (χ4n) is 4.13. The van der Waals surface area contributed by atoms with Gasteiger partial charge < -0.3 is 9.67 Å². The van der Waals surface area contributed by atoms with Crippen LogP contribution in [-0.4, -0.2) is 30.4 Å². The van der Waals surface area contributed by atoms with Crippen molar-refractivity contribution >= 4 is 16.7 Å². The lowest BCUT2D eigenvalue weighted by atomic mass is 9.90. The second-order valence-electron chi connectivity index (χ2n) is 8.24. The number of hydrogen-bond acceptors (Lipinski definition) is 5. The molecule has 1 N–H and O–H groups in total. The number of aliphatic hydroxyl groups is 1.